The normalized spacial score (nSPS) is 10.4. The maximum absolute atomic E-state index is 12.1. The minimum absolute atomic E-state index is 0.0486. The number of rotatable bonds is 6. The standard InChI is InChI=1S/C21H21N3O3/c1-14-7-6-8-15(2)20(14)24-19(26)12-22-18(25)11-17-13-27-21(23-17)16-9-4-3-5-10-16/h3-10,13H,11-12H2,1-2H3,(H,22,25)(H,24,26). The van der Waals surface area contributed by atoms with Gasteiger partial charge in [0.15, 0.2) is 0 Å². The fourth-order valence-corrected chi connectivity index (χ4v) is 2.70. The van der Waals surface area contributed by atoms with Crippen molar-refractivity contribution in [3.8, 4) is 11.5 Å². The lowest BCUT2D eigenvalue weighted by molar-refractivity contribution is -0.123. The molecule has 0 aliphatic carbocycles. The van der Waals surface area contributed by atoms with Gasteiger partial charge < -0.3 is 15.1 Å². The third-order valence-corrected chi connectivity index (χ3v) is 4.11. The van der Waals surface area contributed by atoms with Crippen LogP contribution in [0.3, 0.4) is 0 Å². The average molecular weight is 363 g/mol. The third kappa shape index (κ3) is 4.82. The lowest BCUT2D eigenvalue weighted by Crippen LogP contribution is -2.34. The van der Waals surface area contributed by atoms with Crippen molar-refractivity contribution in [1.82, 2.24) is 10.3 Å². The first-order valence-electron chi connectivity index (χ1n) is 8.65. The largest absolute Gasteiger partial charge is 0.444 e. The minimum atomic E-state index is -0.292. The number of hydrogen-bond donors (Lipinski definition) is 2. The van der Waals surface area contributed by atoms with Crippen LogP contribution in [-0.2, 0) is 16.0 Å². The van der Waals surface area contributed by atoms with Gasteiger partial charge in [0.2, 0.25) is 17.7 Å². The molecule has 2 amide bonds. The lowest BCUT2D eigenvalue weighted by Gasteiger charge is -2.11. The molecule has 1 heterocycles. The molecule has 0 spiro atoms. The van der Waals surface area contributed by atoms with Gasteiger partial charge >= 0.3 is 0 Å². The maximum Gasteiger partial charge on any atom is 0.243 e. The molecule has 2 N–H and O–H groups in total. The van der Waals surface area contributed by atoms with Gasteiger partial charge in [-0.15, -0.1) is 0 Å². The molecule has 0 radical (unpaired) electrons. The van der Waals surface area contributed by atoms with Crippen LogP contribution in [0.15, 0.2) is 59.2 Å². The Bertz CT molecular complexity index is 928. The zero-order chi connectivity index (χ0) is 19.2. The number of anilines is 1. The SMILES string of the molecule is Cc1cccc(C)c1NC(=O)CNC(=O)Cc1coc(-c2ccccc2)n1. The van der Waals surface area contributed by atoms with E-state index in [9.17, 15) is 9.59 Å². The Hall–Kier alpha value is -3.41. The second kappa shape index (κ2) is 8.31. The number of benzene rings is 2. The van der Waals surface area contributed by atoms with Crippen molar-refractivity contribution in [3.05, 3.63) is 71.6 Å². The summed E-state index contributed by atoms with van der Waals surface area (Å²) in [6, 6.07) is 15.2. The Balaban J connectivity index is 1.51. The number of nitrogens with zero attached hydrogens (tertiary/aromatic N) is 1. The molecule has 6 heteroatoms. The minimum Gasteiger partial charge on any atom is -0.444 e. The van der Waals surface area contributed by atoms with E-state index in [4.69, 9.17) is 4.42 Å². The third-order valence-electron chi connectivity index (χ3n) is 4.11. The molecule has 0 aliphatic rings. The van der Waals surface area contributed by atoms with Crippen molar-refractivity contribution in [1.29, 1.82) is 0 Å². The van der Waals surface area contributed by atoms with E-state index in [1.165, 1.54) is 6.26 Å². The Morgan fingerprint density at radius 3 is 2.37 bits per heavy atom. The van der Waals surface area contributed by atoms with Gasteiger partial charge in [-0.25, -0.2) is 4.98 Å². The summed E-state index contributed by atoms with van der Waals surface area (Å²) in [5.74, 6) is -0.100. The zero-order valence-electron chi connectivity index (χ0n) is 15.3. The molecule has 0 saturated heterocycles. The van der Waals surface area contributed by atoms with Gasteiger partial charge in [0.1, 0.15) is 6.26 Å². The van der Waals surface area contributed by atoms with E-state index in [1.54, 1.807) is 0 Å². The van der Waals surface area contributed by atoms with Crippen LogP contribution < -0.4 is 10.6 Å². The van der Waals surface area contributed by atoms with Crippen molar-refractivity contribution in [3.63, 3.8) is 0 Å². The summed E-state index contributed by atoms with van der Waals surface area (Å²) in [5, 5.41) is 5.44. The van der Waals surface area contributed by atoms with Crippen LogP contribution in [0.5, 0.6) is 0 Å². The van der Waals surface area contributed by atoms with Crippen molar-refractivity contribution in [2.75, 3.05) is 11.9 Å². The van der Waals surface area contributed by atoms with Gasteiger partial charge in [0.05, 0.1) is 18.7 Å². The number of carbonyl (C=O) groups excluding carboxylic acids is 2. The van der Waals surface area contributed by atoms with Crippen molar-refractivity contribution in [2.24, 2.45) is 0 Å². The molecule has 2 aromatic carbocycles. The predicted molar refractivity (Wildman–Crippen MR) is 103 cm³/mol. The number of aryl methyl sites for hydroxylation is 2. The van der Waals surface area contributed by atoms with Gasteiger partial charge in [0.25, 0.3) is 0 Å². The Morgan fingerprint density at radius 2 is 1.67 bits per heavy atom. The van der Waals surface area contributed by atoms with E-state index in [-0.39, 0.29) is 24.8 Å². The Morgan fingerprint density at radius 1 is 0.963 bits per heavy atom. The van der Waals surface area contributed by atoms with E-state index in [1.807, 2.05) is 62.4 Å². The number of para-hydroxylation sites is 1. The molecule has 0 bridgehead atoms. The van der Waals surface area contributed by atoms with Crippen LogP contribution in [0.25, 0.3) is 11.5 Å². The molecule has 0 aliphatic heterocycles. The number of aromatic nitrogens is 1. The first kappa shape index (κ1) is 18.4. The van der Waals surface area contributed by atoms with E-state index in [0.717, 1.165) is 22.4 Å². The first-order chi connectivity index (χ1) is 13.0. The second-order valence-corrected chi connectivity index (χ2v) is 6.28. The number of hydrogen-bond acceptors (Lipinski definition) is 4. The van der Waals surface area contributed by atoms with Crippen molar-refractivity contribution >= 4 is 17.5 Å². The van der Waals surface area contributed by atoms with Gasteiger partial charge in [0, 0.05) is 11.3 Å². The molecule has 27 heavy (non-hydrogen) atoms. The smallest absolute Gasteiger partial charge is 0.243 e. The molecule has 0 saturated carbocycles. The maximum atomic E-state index is 12.1. The predicted octanol–water partition coefficient (Wildman–Crippen LogP) is 3.26. The van der Waals surface area contributed by atoms with Crippen LogP contribution in [0.1, 0.15) is 16.8 Å². The molecule has 0 unspecified atom stereocenters. The van der Waals surface area contributed by atoms with Crippen molar-refractivity contribution < 1.29 is 14.0 Å². The van der Waals surface area contributed by atoms with E-state index in [0.29, 0.717) is 11.6 Å². The van der Waals surface area contributed by atoms with Crippen LogP contribution in [-0.4, -0.2) is 23.3 Å². The summed E-state index contributed by atoms with van der Waals surface area (Å²) in [5.41, 5.74) is 4.09. The molecule has 0 fully saturated rings. The van der Waals surface area contributed by atoms with E-state index >= 15 is 0 Å². The van der Waals surface area contributed by atoms with Gasteiger partial charge in [-0.05, 0) is 37.1 Å². The highest BCUT2D eigenvalue weighted by molar-refractivity contribution is 5.95. The van der Waals surface area contributed by atoms with Gasteiger partial charge in [-0.2, -0.15) is 0 Å². The molecule has 1 aromatic heterocycles. The van der Waals surface area contributed by atoms with Crippen LogP contribution >= 0.6 is 0 Å². The molecular weight excluding hydrogens is 342 g/mol. The number of oxazole rings is 1. The van der Waals surface area contributed by atoms with Gasteiger partial charge in [-0.1, -0.05) is 36.4 Å². The summed E-state index contributed by atoms with van der Waals surface area (Å²) < 4.78 is 5.41. The molecule has 6 nitrogen and oxygen atoms in total. The van der Waals surface area contributed by atoms with Crippen molar-refractivity contribution in [2.45, 2.75) is 20.3 Å². The number of amides is 2. The Labute approximate surface area is 157 Å². The lowest BCUT2D eigenvalue weighted by atomic mass is 10.1. The Kier molecular flexibility index (Phi) is 5.66. The highest BCUT2D eigenvalue weighted by atomic mass is 16.3. The highest BCUT2D eigenvalue weighted by Crippen LogP contribution is 2.19. The monoisotopic (exact) mass is 363 g/mol. The number of carbonyl (C=O) groups is 2. The number of nitrogens with one attached hydrogen (secondary N) is 2. The van der Waals surface area contributed by atoms with Gasteiger partial charge in [-0.3, -0.25) is 9.59 Å². The fourth-order valence-electron chi connectivity index (χ4n) is 2.70. The topological polar surface area (TPSA) is 84.2 Å². The fraction of sp³-hybridized carbons (Fsp3) is 0.190. The molecule has 138 valence electrons. The average Bonchev–Trinajstić information content (AvgIpc) is 3.12. The summed E-state index contributed by atoms with van der Waals surface area (Å²) in [4.78, 5) is 28.5. The summed E-state index contributed by atoms with van der Waals surface area (Å²) in [7, 11) is 0. The quantitative estimate of drug-likeness (QED) is 0.704. The van der Waals surface area contributed by atoms with Crippen LogP contribution in [0.4, 0.5) is 5.69 Å². The first-order valence-corrected chi connectivity index (χ1v) is 8.65. The highest BCUT2D eigenvalue weighted by Gasteiger charge is 2.12. The van der Waals surface area contributed by atoms with E-state index in [2.05, 4.69) is 15.6 Å². The molecule has 0 atom stereocenters. The summed E-state index contributed by atoms with van der Waals surface area (Å²) in [6.45, 7) is 3.75. The summed E-state index contributed by atoms with van der Waals surface area (Å²) in [6.07, 6.45) is 1.51. The summed E-state index contributed by atoms with van der Waals surface area (Å²) >= 11 is 0. The second-order valence-electron chi connectivity index (χ2n) is 6.28. The molecule has 3 rings (SSSR count). The van der Waals surface area contributed by atoms with Crippen LogP contribution in [0, 0.1) is 13.8 Å². The van der Waals surface area contributed by atoms with Crippen LogP contribution in [0.2, 0.25) is 0 Å². The van der Waals surface area contributed by atoms with E-state index < -0.39 is 0 Å². The molecule has 3 aromatic rings. The molecular formula is C21H21N3O3. The zero-order valence-corrected chi connectivity index (χ0v) is 15.3.